The number of fused-ring (bicyclic) bond motifs is 1. The highest BCUT2D eigenvalue weighted by Crippen LogP contribution is 2.31. The van der Waals surface area contributed by atoms with Crippen molar-refractivity contribution in [1.82, 2.24) is 15.3 Å². The summed E-state index contributed by atoms with van der Waals surface area (Å²) >= 11 is 0. The van der Waals surface area contributed by atoms with Crippen LogP contribution in [-0.4, -0.2) is 47.1 Å². The molecule has 0 radical (unpaired) electrons. The summed E-state index contributed by atoms with van der Waals surface area (Å²) < 4.78 is 5.12. The summed E-state index contributed by atoms with van der Waals surface area (Å²) in [6, 6.07) is 0.291. The van der Waals surface area contributed by atoms with E-state index in [-0.39, 0.29) is 24.5 Å². The van der Waals surface area contributed by atoms with Gasteiger partial charge in [0.1, 0.15) is 17.2 Å². The summed E-state index contributed by atoms with van der Waals surface area (Å²) in [6.45, 7) is 4.04. The number of esters is 1. The van der Waals surface area contributed by atoms with Crippen molar-refractivity contribution in [2.45, 2.75) is 51.6 Å². The Labute approximate surface area is 135 Å². The highest BCUT2D eigenvalue weighted by atomic mass is 16.5. The van der Waals surface area contributed by atoms with Crippen LogP contribution in [-0.2, 0) is 9.53 Å². The number of piperazine rings is 1. The number of aromatic nitrogens is 2. The molecule has 1 amide bonds. The molecule has 1 N–H and O–H groups in total. The minimum atomic E-state index is -0.444. The van der Waals surface area contributed by atoms with Gasteiger partial charge in [-0.25, -0.2) is 14.8 Å². The van der Waals surface area contributed by atoms with Crippen LogP contribution < -0.4 is 10.2 Å². The molecule has 0 aromatic carbocycles. The largest absolute Gasteiger partial charge is 0.462 e. The molecule has 1 aliphatic heterocycles. The summed E-state index contributed by atoms with van der Waals surface area (Å²) in [5, 5.41) is 3.07. The molecular weight excluding hydrogens is 296 g/mol. The van der Waals surface area contributed by atoms with Gasteiger partial charge in [0.2, 0.25) is 5.91 Å². The van der Waals surface area contributed by atoms with Crippen molar-refractivity contribution in [3.63, 3.8) is 0 Å². The second-order valence-corrected chi connectivity index (χ2v) is 6.03. The number of hydrogen-bond acceptors (Lipinski definition) is 6. The zero-order valence-corrected chi connectivity index (χ0v) is 13.5. The molecule has 2 heterocycles. The monoisotopic (exact) mass is 318 g/mol. The average Bonchev–Trinajstić information content (AvgIpc) is 2.54. The van der Waals surface area contributed by atoms with Crippen molar-refractivity contribution in [2.75, 3.05) is 18.1 Å². The van der Waals surface area contributed by atoms with Crippen molar-refractivity contribution in [2.24, 2.45) is 0 Å². The standard InChI is InChI=1S/C16H22N4O3/c1-3-23-16(22)11-8-17-10(2)18-15(11)20-9-14(21)19-12-6-4-5-7-13(12)20/h8,12-13H,3-7,9H2,1-2H3,(H,19,21)/t12-,13-/m0/s1. The number of nitrogens with zero attached hydrogens (tertiary/aromatic N) is 3. The molecule has 1 aliphatic carbocycles. The van der Waals surface area contributed by atoms with Gasteiger partial charge in [-0.2, -0.15) is 0 Å². The van der Waals surface area contributed by atoms with E-state index in [9.17, 15) is 9.59 Å². The third kappa shape index (κ3) is 3.13. The van der Waals surface area contributed by atoms with Crippen LogP contribution in [0.5, 0.6) is 0 Å². The molecule has 23 heavy (non-hydrogen) atoms. The summed E-state index contributed by atoms with van der Waals surface area (Å²) in [5.41, 5.74) is 0.330. The van der Waals surface area contributed by atoms with E-state index in [1.807, 2.05) is 4.90 Å². The first kappa shape index (κ1) is 15.7. The molecule has 0 spiro atoms. The molecular formula is C16H22N4O3. The smallest absolute Gasteiger partial charge is 0.343 e. The van der Waals surface area contributed by atoms with Gasteiger partial charge in [0.05, 0.1) is 19.2 Å². The average molecular weight is 318 g/mol. The Bertz CT molecular complexity index is 619. The zero-order valence-electron chi connectivity index (χ0n) is 13.5. The Balaban J connectivity index is 1.99. The van der Waals surface area contributed by atoms with Crippen LogP contribution in [0.1, 0.15) is 48.8 Å². The Kier molecular flexibility index (Phi) is 4.45. The fourth-order valence-electron chi connectivity index (χ4n) is 3.44. The molecule has 124 valence electrons. The van der Waals surface area contributed by atoms with Gasteiger partial charge in [0.15, 0.2) is 0 Å². The number of carbonyl (C=O) groups excluding carboxylic acids is 2. The predicted molar refractivity (Wildman–Crippen MR) is 84.3 cm³/mol. The highest BCUT2D eigenvalue weighted by Gasteiger charge is 2.38. The molecule has 0 unspecified atom stereocenters. The minimum Gasteiger partial charge on any atom is -0.462 e. The number of carbonyl (C=O) groups is 2. The van der Waals surface area contributed by atoms with Crippen LogP contribution in [0.3, 0.4) is 0 Å². The van der Waals surface area contributed by atoms with E-state index in [1.165, 1.54) is 6.20 Å². The SMILES string of the molecule is CCOC(=O)c1cnc(C)nc1N1CC(=O)N[C@H]2CCCC[C@@H]21. The first-order valence-electron chi connectivity index (χ1n) is 8.17. The topological polar surface area (TPSA) is 84.4 Å². The summed E-state index contributed by atoms with van der Waals surface area (Å²) in [7, 11) is 0. The fraction of sp³-hybridized carbons (Fsp3) is 0.625. The molecule has 3 rings (SSSR count). The van der Waals surface area contributed by atoms with Gasteiger partial charge < -0.3 is 15.0 Å². The minimum absolute atomic E-state index is 0.0285. The number of rotatable bonds is 3. The second-order valence-electron chi connectivity index (χ2n) is 6.03. The lowest BCUT2D eigenvalue weighted by Gasteiger charge is -2.44. The number of hydrogen-bond donors (Lipinski definition) is 1. The normalized spacial score (nSPS) is 23.9. The number of nitrogens with one attached hydrogen (secondary N) is 1. The van der Waals surface area contributed by atoms with Gasteiger partial charge in [-0.15, -0.1) is 0 Å². The van der Waals surface area contributed by atoms with E-state index in [2.05, 4.69) is 15.3 Å². The van der Waals surface area contributed by atoms with Crippen molar-refractivity contribution in [3.05, 3.63) is 17.6 Å². The zero-order chi connectivity index (χ0) is 16.4. The molecule has 1 saturated carbocycles. The quantitative estimate of drug-likeness (QED) is 0.843. The van der Waals surface area contributed by atoms with E-state index in [4.69, 9.17) is 4.74 Å². The molecule has 2 aliphatic rings. The first-order valence-corrected chi connectivity index (χ1v) is 8.17. The van der Waals surface area contributed by atoms with Crippen molar-refractivity contribution in [1.29, 1.82) is 0 Å². The Hall–Kier alpha value is -2.18. The van der Waals surface area contributed by atoms with E-state index in [1.54, 1.807) is 13.8 Å². The highest BCUT2D eigenvalue weighted by molar-refractivity contribution is 5.95. The third-order valence-corrected chi connectivity index (χ3v) is 4.45. The molecule has 7 heteroatoms. The summed E-state index contributed by atoms with van der Waals surface area (Å²) in [6.07, 6.45) is 5.68. The molecule has 1 aromatic rings. The third-order valence-electron chi connectivity index (χ3n) is 4.45. The van der Waals surface area contributed by atoms with Crippen LogP contribution in [0.25, 0.3) is 0 Å². The van der Waals surface area contributed by atoms with Gasteiger partial charge in [-0.3, -0.25) is 4.79 Å². The van der Waals surface area contributed by atoms with Crippen molar-refractivity contribution < 1.29 is 14.3 Å². The number of anilines is 1. The van der Waals surface area contributed by atoms with Gasteiger partial charge in [0, 0.05) is 12.2 Å². The van der Waals surface area contributed by atoms with Gasteiger partial charge >= 0.3 is 5.97 Å². The van der Waals surface area contributed by atoms with Crippen molar-refractivity contribution in [3.8, 4) is 0 Å². The van der Waals surface area contributed by atoms with E-state index in [0.29, 0.717) is 23.8 Å². The molecule has 2 fully saturated rings. The maximum absolute atomic E-state index is 12.2. The van der Waals surface area contributed by atoms with E-state index in [0.717, 1.165) is 25.7 Å². The Morgan fingerprint density at radius 2 is 2.22 bits per heavy atom. The van der Waals surface area contributed by atoms with Crippen LogP contribution in [0, 0.1) is 6.92 Å². The van der Waals surface area contributed by atoms with Crippen molar-refractivity contribution >= 4 is 17.7 Å². The summed E-state index contributed by atoms with van der Waals surface area (Å²) in [4.78, 5) is 34.9. The van der Waals surface area contributed by atoms with Crippen LogP contribution >= 0.6 is 0 Å². The van der Waals surface area contributed by atoms with E-state index < -0.39 is 5.97 Å². The fourth-order valence-corrected chi connectivity index (χ4v) is 3.44. The Morgan fingerprint density at radius 1 is 1.43 bits per heavy atom. The lowest BCUT2D eigenvalue weighted by atomic mass is 9.87. The second kappa shape index (κ2) is 6.52. The predicted octanol–water partition coefficient (Wildman–Crippen LogP) is 1.21. The first-order chi connectivity index (χ1) is 11.1. The number of aryl methyl sites for hydroxylation is 1. The molecule has 1 aromatic heterocycles. The van der Waals surface area contributed by atoms with Gasteiger partial charge in [-0.05, 0) is 26.7 Å². The lowest BCUT2D eigenvalue weighted by Crippen LogP contribution is -2.62. The van der Waals surface area contributed by atoms with Crippen LogP contribution in [0.15, 0.2) is 6.20 Å². The molecule has 7 nitrogen and oxygen atoms in total. The number of ether oxygens (including phenoxy) is 1. The summed E-state index contributed by atoms with van der Waals surface area (Å²) in [5.74, 6) is 0.620. The Morgan fingerprint density at radius 3 is 3.00 bits per heavy atom. The molecule has 1 saturated heterocycles. The van der Waals surface area contributed by atoms with Crippen LogP contribution in [0.2, 0.25) is 0 Å². The van der Waals surface area contributed by atoms with Gasteiger partial charge in [0.25, 0.3) is 0 Å². The maximum atomic E-state index is 12.2. The lowest BCUT2D eigenvalue weighted by molar-refractivity contribution is -0.122. The molecule has 0 bridgehead atoms. The van der Waals surface area contributed by atoms with Crippen LogP contribution in [0.4, 0.5) is 5.82 Å². The molecule has 2 atom stereocenters. The number of amides is 1. The maximum Gasteiger partial charge on any atom is 0.343 e. The van der Waals surface area contributed by atoms with E-state index >= 15 is 0 Å². The van der Waals surface area contributed by atoms with Gasteiger partial charge in [-0.1, -0.05) is 12.8 Å².